The summed E-state index contributed by atoms with van der Waals surface area (Å²) in [5, 5.41) is 10.8. The second-order valence-corrected chi connectivity index (χ2v) is 3.96. The zero-order valence-electron chi connectivity index (χ0n) is 10.3. The number of anilines is 1. The third-order valence-electron chi connectivity index (χ3n) is 2.55. The van der Waals surface area contributed by atoms with Gasteiger partial charge in [0.15, 0.2) is 0 Å². The van der Waals surface area contributed by atoms with Gasteiger partial charge in [-0.05, 0) is 36.4 Å². The number of carbonyl (C=O) groups excluding carboxylic acids is 2. The number of rotatable bonds is 4. The van der Waals surface area contributed by atoms with Crippen LogP contribution in [0.1, 0.15) is 10.4 Å². The first-order valence-electron chi connectivity index (χ1n) is 5.76. The summed E-state index contributed by atoms with van der Waals surface area (Å²) < 4.78 is 12.8. The molecule has 0 saturated carbocycles. The molecule has 0 unspecified atom stereocenters. The van der Waals surface area contributed by atoms with E-state index in [0.717, 1.165) is 17.0 Å². The van der Waals surface area contributed by atoms with Crippen molar-refractivity contribution in [3.05, 3.63) is 60.0 Å². The zero-order valence-corrected chi connectivity index (χ0v) is 10.3. The van der Waals surface area contributed by atoms with Crippen LogP contribution in [0.3, 0.4) is 0 Å². The summed E-state index contributed by atoms with van der Waals surface area (Å²) in [6.07, 6.45) is 1.44. The molecule has 1 aromatic carbocycles. The van der Waals surface area contributed by atoms with Crippen LogP contribution >= 0.6 is 0 Å². The standard InChI is InChI=1S/C14H11FN2O3/c15-11-6-4-10(5-7-11)14(20)17(9-13(18)19)12-3-1-2-8-16-12/h1-8H,9H2,(H,18,19)/p-1. The summed E-state index contributed by atoms with van der Waals surface area (Å²) in [5.74, 6) is -2.30. The van der Waals surface area contributed by atoms with Gasteiger partial charge in [0.25, 0.3) is 5.91 Å². The van der Waals surface area contributed by atoms with Crippen molar-refractivity contribution in [2.45, 2.75) is 0 Å². The van der Waals surface area contributed by atoms with Crippen molar-refractivity contribution < 1.29 is 19.1 Å². The van der Waals surface area contributed by atoms with Crippen molar-refractivity contribution in [1.82, 2.24) is 4.98 Å². The summed E-state index contributed by atoms with van der Waals surface area (Å²) in [6, 6.07) is 9.59. The first kappa shape index (κ1) is 13.7. The average molecular weight is 273 g/mol. The van der Waals surface area contributed by atoms with Crippen LogP contribution in [0.15, 0.2) is 48.7 Å². The summed E-state index contributed by atoms with van der Waals surface area (Å²) in [7, 11) is 0. The van der Waals surface area contributed by atoms with Gasteiger partial charge in [0.05, 0.1) is 12.5 Å². The smallest absolute Gasteiger partial charge is 0.259 e. The monoisotopic (exact) mass is 273 g/mol. The van der Waals surface area contributed by atoms with Crippen LogP contribution in [-0.2, 0) is 4.79 Å². The van der Waals surface area contributed by atoms with Crippen molar-refractivity contribution in [3.8, 4) is 0 Å². The van der Waals surface area contributed by atoms with E-state index in [9.17, 15) is 19.1 Å². The van der Waals surface area contributed by atoms with E-state index in [-0.39, 0.29) is 11.4 Å². The van der Waals surface area contributed by atoms with Gasteiger partial charge in [-0.15, -0.1) is 0 Å². The van der Waals surface area contributed by atoms with E-state index in [2.05, 4.69) is 4.98 Å². The average Bonchev–Trinajstić information content (AvgIpc) is 2.45. The lowest BCUT2D eigenvalue weighted by atomic mass is 10.2. The van der Waals surface area contributed by atoms with Gasteiger partial charge in [-0.3, -0.25) is 9.69 Å². The van der Waals surface area contributed by atoms with Gasteiger partial charge >= 0.3 is 0 Å². The van der Waals surface area contributed by atoms with Crippen LogP contribution in [-0.4, -0.2) is 23.4 Å². The summed E-state index contributed by atoms with van der Waals surface area (Å²) in [6.45, 7) is -0.632. The molecule has 2 aromatic rings. The topological polar surface area (TPSA) is 73.3 Å². The minimum atomic E-state index is -1.41. The lowest BCUT2D eigenvalue weighted by molar-refractivity contribution is -0.303. The maximum Gasteiger partial charge on any atom is 0.259 e. The largest absolute Gasteiger partial charge is 0.548 e. The molecule has 1 aromatic heterocycles. The number of hydrogen-bond acceptors (Lipinski definition) is 4. The minimum absolute atomic E-state index is 0.165. The SMILES string of the molecule is O=C([O-])CN(C(=O)c1ccc(F)cc1)c1ccccn1. The van der Waals surface area contributed by atoms with Crippen LogP contribution in [0.5, 0.6) is 0 Å². The first-order chi connectivity index (χ1) is 9.58. The third-order valence-corrected chi connectivity index (χ3v) is 2.55. The molecule has 0 radical (unpaired) electrons. The number of amides is 1. The molecule has 0 bridgehead atoms. The molecule has 0 fully saturated rings. The predicted molar refractivity (Wildman–Crippen MR) is 67.3 cm³/mol. The van der Waals surface area contributed by atoms with Crippen LogP contribution in [0.25, 0.3) is 0 Å². The summed E-state index contributed by atoms with van der Waals surface area (Å²) >= 11 is 0. The number of carbonyl (C=O) groups is 2. The van der Waals surface area contributed by atoms with Crippen molar-refractivity contribution >= 4 is 17.7 Å². The third kappa shape index (κ3) is 3.17. The number of carboxylic acids is 1. The summed E-state index contributed by atoms with van der Waals surface area (Å²) in [5.41, 5.74) is 0.165. The number of halogens is 1. The fourth-order valence-corrected chi connectivity index (χ4v) is 1.65. The molecule has 0 aliphatic rings. The Morgan fingerprint density at radius 2 is 1.85 bits per heavy atom. The molecule has 6 heteroatoms. The quantitative estimate of drug-likeness (QED) is 0.818. The van der Waals surface area contributed by atoms with E-state index < -0.39 is 24.2 Å². The van der Waals surface area contributed by atoms with E-state index in [1.165, 1.54) is 24.4 Å². The Morgan fingerprint density at radius 3 is 2.40 bits per heavy atom. The highest BCUT2D eigenvalue weighted by Gasteiger charge is 2.18. The Bertz CT molecular complexity index is 614. The number of aliphatic carboxylic acids is 1. The Balaban J connectivity index is 2.34. The fourth-order valence-electron chi connectivity index (χ4n) is 1.65. The maximum atomic E-state index is 12.8. The van der Waals surface area contributed by atoms with Crippen molar-refractivity contribution in [2.75, 3.05) is 11.4 Å². The molecular formula is C14H10FN2O3-. The van der Waals surface area contributed by atoms with Gasteiger partial charge in [0, 0.05) is 11.8 Å². The Morgan fingerprint density at radius 1 is 1.15 bits per heavy atom. The number of hydrogen-bond donors (Lipinski definition) is 0. The second kappa shape index (κ2) is 5.92. The van der Waals surface area contributed by atoms with E-state index in [1.54, 1.807) is 12.1 Å². The molecule has 2 rings (SSSR count). The molecule has 0 saturated heterocycles. The van der Waals surface area contributed by atoms with Gasteiger partial charge in [-0.25, -0.2) is 9.37 Å². The second-order valence-electron chi connectivity index (χ2n) is 3.96. The molecule has 1 amide bonds. The lowest BCUT2D eigenvalue weighted by Gasteiger charge is -2.22. The molecular weight excluding hydrogens is 263 g/mol. The number of pyridine rings is 1. The van der Waals surface area contributed by atoms with E-state index in [0.29, 0.717) is 0 Å². The number of benzene rings is 1. The van der Waals surface area contributed by atoms with Crippen LogP contribution in [0.4, 0.5) is 10.2 Å². The molecule has 0 N–H and O–H groups in total. The molecule has 20 heavy (non-hydrogen) atoms. The van der Waals surface area contributed by atoms with Crippen molar-refractivity contribution in [2.24, 2.45) is 0 Å². The molecule has 1 heterocycles. The van der Waals surface area contributed by atoms with Gasteiger partial charge < -0.3 is 9.90 Å². The minimum Gasteiger partial charge on any atom is -0.548 e. The molecule has 5 nitrogen and oxygen atoms in total. The number of nitrogens with zero attached hydrogens (tertiary/aromatic N) is 2. The molecule has 0 spiro atoms. The van der Waals surface area contributed by atoms with E-state index in [4.69, 9.17) is 0 Å². The maximum absolute atomic E-state index is 12.8. The van der Waals surface area contributed by atoms with E-state index >= 15 is 0 Å². The highest BCUT2D eigenvalue weighted by molar-refractivity contribution is 6.07. The molecule has 0 aliphatic heterocycles. The Kier molecular flexibility index (Phi) is 4.05. The lowest BCUT2D eigenvalue weighted by Crippen LogP contribution is -2.42. The fraction of sp³-hybridized carbons (Fsp3) is 0.0714. The van der Waals surface area contributed by atoms with Gasteiger partial charge in [-0.1, -0.05) is 6.07 Å². The molecule has 0 atom stereocenters. The van der Waals surface area contributed by atoms with Crippen LogP contribution in [0.2, 0.25) is 0 Å². The van der Waals surface area contributed by atoms with Gasteiger partial charge in [-0.2, -0.15) is 0 Å². The van der Waals surface area contributed by atoms with Gasteiger partial charge in [0.1, 0.15) is 11.6 Å². The Hall–Kier alpha value is -2.76. The van der Waals surface area contributed by atoms with Crippen LogP contribution in [0, 0.1) is 5.82 Å². The molecule has 102 valence electrons. The highest BCUT2D eigenvalue weighted by Crippen LogP contribution is 2.14. The zero-order chi connectivity index (χ0) is 14.5. The number of carboxylic acid groups (broad SMARTS) is 1. The van der Waals surface area contributed by atoms with E-state index in [1.807, 2.05) is 0 Å². The first-order valence-corrected chi connectivity index (χ1v) is 5.76. The van der Waals surface area contributed by atoms with Crippen LogP contribution < -0.4 is 10.0 Å². The Labute approximate surface area is 114 Å². The highest BCUT2D eigenvalue weighted by atomic mass is 19.1. The van der Waals surface area contributed by atoms with Crippen molar-refractivity contribution in [3.63, 3.8) is 0 Å². The van der Waals surface area contributed by atoms with Gasteiger partial charge in [0.2, 0.25) is 0 Å². The van der Waals surface area contributed by atoms with Crippen molar-refractivity contribution in [1.29, 1.82) is 0 Å². The molecule has 0 aliphatic carbocycles. The summed E-state index contributed by atoms with van der Waals surface area (Å²) in [4.78, 5) is 27.9. The number of aromatic nitrogens is 1. The normalized spacial score (nSPS) is 10.1. The predicted octanol–water partition coefficient (Wildman–Crippen LogP) is 0.617.